The van der Waals surface area contributed by atoms with Crippen LogP contribution in [-0.2, 0) is 28.5 Å². The summed E-state index contributed by atoms with van der Waals surface area (Å²) >= 11 is 0. The zero-order valence-corrected chi connectivity index (χ0v) is 24.1. The SMILES string of the molecule is CC(=O)O[C@H]1C[C@]2(C)CC[C@H]3OC[C@@]3(OC(C)=O)[C@H]2[C@H](OC(=O)c2ccccc2)[C@]2(O)C[C@H](O)C(C)=C1C2(C)C. The van der Waals surface area contributed by atoms with Crippen LogP contribution in [-0.4, -0.2) is 70.3 Å². The van der Waals surface area contributed by atoms with Gasteiger partial charge in [-0.15, -0.1) is 0 Å². The van der Waals surface area contributed by atoms with E-state index in [1.165, 1.54) is 13.8 Å². The molecule has 9 nitrogen and oxygen atoms in total. The van der Waals surface area contributed by atoms with E-state index in [0.717, 1.165) is 0 Å². The highest BCUT2D eigenvalue weighted by atomic mass is 16.6. The van der Waals surface area contributed by atoms with Crippen molar-refractivity contribution in [2.75, 3.05) is 6.61 Å². The highest BCUT2D eigenvalue weighted by Crippen LogP contribution is 2.65. The van der Waals surface area contributed by atoms with Crippen molar-refractivity contribution >= 4 is 17.9 Å². The standard InChI is InChI=1S/C31H40O9/c1-17-21(34)14-31(36)26(39-27(35)20-10-8-7-9-11-20)25-29(6,13-12-23-30(25,16-37-23)40-19(3)33)15-22(38-18(2)32)24(17)28(31,4)5/h7-11,21-23,25-26,34,36H,12-16H2,1-6H3/t21-,22-,23+,25-,26-,29-,30-,31+/m0/s1. The average molecular weight is 557 g/mol. The molecule has 218 valence electrons. The number of hydrogen-bond acceptors (Lipinski definition) is 9. The van der Waals surface area contributed by atoms with Crippen LogP contribution in [0.15, 0.2) is 41.5 Å². The van der Waals surface area contributed by atoms with Crippen LogP contribution in [0.5, 0.6) is 0 Å². The Hall–Kier alpha value is -2.75. The van der Waals surface area contributed by atoms with Crippen LogP contribution in [0.1, 0.15) is 77.6 Å². The predicted octanol–water partition coefficient (Wildman–Crippen LogP) is 3.50. The highest BCUT2D eigenvalue weighted by molar-refractivity contribution is 5.89. The molecule has 1 aromatic rings. The van der Waals surface area contributed by atoms with Crippen molar-refractivity contribution in [3.05, 3.63) is 47.0 Å². The number of carbonyl (C=O) groups is 3. The Balaban J connectivity index is 1.76. The number of aliphatic hydroxyl groups is 2. The van der Waals surface area contributed by atoms with E-state index in [0.29, 0.717) is 36.0 Å². The van der Waals surface area contributed by atoms with Gasteiger partial charge in [-0.05, 0) is 54.9 Å². The van der Waals surface area contributed by atoms with Gasteiger partial charge >= 0.3 is 17.9 Å². The molecule has 1 heterocycles. The molecule has 4 aliphatic rings. The van der Waals surface area contributed by atoms with Gasteiger partial charge in [-0.25, -0.2) is 4.79 Å². The lowest BCUT2D eigenvalue weighted by molar-refractivity contribution is -0.338. The molecule has 1 saturated heterocycles. The largest absolute Gasteiger partial charge is 0.458 e. The summed E-state index contributed by atoms with van der Waals surface area (Å²) in [7, 11) is 0. The number of esters is 3. The van der Waals surface area contributed by atoms with Gasteiger partial charge in [0.1, 0.15) is 23.9 Å². The lowest BCUT2D eigenvalue weighted by atomic mass is 9.45. The molecule has 1 aromatic carbocycles. The van der Waals surface area contributed by atoms with Crippen LogP contribution >= 0.6 is 0 Å². The summed E-state index contributed by atoms with van der Waals surface area (Å²) in [6.07, 6.45) is -2.09. The summed E-state index contributed by atoms with van der Waals surface area (Å²) in [6.45, 7) is 10.2. The maximum Gasteiger partial charge on any atom is 0.338 e. The van der Waals surface area contributed by atoms with Crippen molar-refractivity contribution in [2.24, 2.45) is 16.7 Å². The van der Waals surface area contributed by atoms with Gasteiger partial charge < -0.3 is 29.2 Å². The molecule has 1 aliphatic heterocycles. The molecule has 0 spiro atoms. The quantitative estimate of drug-likeness (QED) is 0.325. The second-order valence-electron chi connectivity index (χ2n) is 12.9. The van der Waals surface area contributed by atoms with E-state index in [2.05, 4.69) is 0 Å². The monoisotopic (exact) mass is 556 g/mol. The summed E-state index contributed by atoms with van der Waals surface area (Å²) in [5.41, 5.74) is -3.24. The summed E-state index contributed by atoms with van der Waals surface area (Å²) in [5.74, 6) is -2.33. The molecule has 2 bridgehead atoms. The minimum absolute atomic E-state index is 0.0793. The smallest absolute Gasteiger partial charge is 0.338 e. The molecule has 2 N–H and O–H groups in total. The third-order valence-electron chi connectivity index (χ3n) is 10.1. The van der Waals surface area contributed by atoms with Crippen LogP contribution in [0.25, 0.3) is 0 Å². The first-order chi connectivity index (χ1) is 18.7. The molecule has 0 radical (unpaired) electrons. The fraction of sp³-hybridized carbons (Fsp3) is 0.645. The van der Waals surface area contributed by atoms with Gasteiger partial charge in [0.05, 0.1) is 18.3 Å². The summed E-state index contributed by atoms with van der Waals surface area (Å²) in [4.78, 5) is 38.6. The second kappa shape index (κ2) is 9.67. The lowest BCUT2D eigenvalue weighted by Gasteiger charge is -2.67. The van der Waals surface area contributed by atoms with Gasteiger partial charge in [0.25, 0.3) is 0 Å². The van der Waals surface area contributed by atoms with E-state index < -0.39 is 70.3 Å². The van der Waals surface area contributed by atoms with E-state index in [1.807, 2.05) is 20.8 Å². The molecule has 3 aliphatic carbocycles. The molecule has 9 heteroatoms. The molecule has 2 saturated carbocycles. The molecule has 5 rings (SSSR count). The Morgan fingerprint density at radius 2 is 1.68 bits per heavy atom. The van der Waals surface area contributed by atoms with Crippen LogP contribution in [0.2, 0.25) is 0 Å². The van der Waals surface area contributed by atoms with E-state index in [1.54, 1.807) is 37.3 Å². The first-order valence-corrected chi connectivity index (χ1v) is 14.0. The maximum atomic E-state index is 13.7. The van der Waals surface area contributed by atoms with Gasteiger partial charge in [0, 0.05) is 31.6 Å². The fourth-order valence-electron chi connectivity index (χ4n) is 8.23. The highest BCUT2D eigenvalue weighted by Gasteiger charge is 2.74. The Bertz CT molecular complexity index is 1240. The van der Waals surface area contributed by atoms with Gasteiger partial charge in [-0.1, -0.05) is 39.0 Å². The zero-order chi connectivity index (χ0) is 29.3. The predicted molar refractivity (Wildman–Crippen MR) is 143 cm³/mol. The molecule has 3 fully saturated rings. The van der Waals surface area contributed by atoms with Crippen LogP contribution < -0.4 is 0 Å². The van der Waals surface area contributed by atoms with Crippen molar-refractivity contribution in [1.82, 2.24) is 0 Å². The van der Waals surface area contributed by atoms with Crippen LogP contribution in [0, 0.1) is 16.7 Å². The number of carbonyl (C=O) groups excluding carboxylic acids is 3. The van der Waals surface area contributed by atoms with Gasteiger partial charge in [0.2, 0.25) is 0 Å². The molecule has 0 aromatic heterocycles. The third kappa shape index (κ3) is 4.20. The molecular formula is C31H40O9. The first kappa shape index (κ1) is 28.8. The zero-order valence-electron chi connectivity index (χ0n) is 24.1. The van der Waals surface area contributed by atoms with Gasteiger partial charge in [0.15, 0.2) is 5.60 Å². The molecular weight excluding hydrogens is 516 g/mol. The number of benzene rings is 1. The third-order valence-corrected chi connectivity index (χ3v) is 10.1. The van der Waals surface area contributed by atoms with E-state index in [-0.39, 0.29) is 13.0 Å². The van der Waals surface area contributed by atoms with E-state index in [4.69, 9.17) is 18.9 Å². The minimum Gasteiger partial charge on any atom is -0.458 e. The van der Waals surface area contributed by atoms with Crippen molar-refractivity contribution in [3.8, 4) is 0 Å². The molecule has 8 atom stereocenters. The fourth-order valence-corrected chi connectivity index (χ4v) is 8.23. The van der Waals surface area contributed by atoms with Crippen molar-refractivity contribution in [3.63, 3.8) is 0 Å². The molecule has 0 amide bonds. The molecule has 0 unspecified atom stereocenters. The summed E-state index contributed by atoms with van der Waals surface area (Å²) in [6, 6.07) is 8.53. The number of rotatable bonds is 4. The summed E-state index contributed by atoms with van der Waals surface area (Å²) in [5, 5.41) is 24.2. The Labute approximate surface area is 234 Å². The average Bonchev–Trinajstić information content (AvgIpc) is 2.84. The maximum absolute atomic E-state index is 13.7. The summed E-state index contributed by atoms with van der Waals surface area (Å²) < 4.78 is 24.3. The van der Waals surface area contributed by atoms with Gasteiger partial charge in [-0.2, -0.15) is 0 Å². The second-order valence-corrected chi connectivity index (χ2v) is 12.9. The topological polar surface area (TPSA) is 129 Å². The van der Waals surface area contributed by atoms with E-state index in [9.17, 15) is 24.6 Å². The minimum atomic E-state index is -1.82. The van der Waals surface area contributed by atoms with Crippen molar-refractivity contribution in [1.29, 1.82) is 0 Å². The number of ether oxygens (including phenoxy) is 4. The Morgan fingerprint density at radius 1 is 1.00 bits per heavy atom. The molecule has 40 heavy (non-hydrogen) atoms. The van der Waals surface area contributed by atoms with Crippen molar-refractivity contribution in [2.45, 2.75) is 103 Å². The number of hydrogen-bond donors (Lipinski definition) is 2. The van der Waals surface area contributed by atoms with Gasteiger partial charge in [-0.3, -0.25) is 9.59 Å². The normalized spacial score (nSPS) is 39.9. The number of fused-ring (bicyclic) bond motifs is 5. The van der Waals surface area contributed by atoms with Crippen LogP contribution in [0.4, 0.5) is 0 Å². The lowest BCUT2D eigenvalue weighted by Crippen LogP contribution is -2.78. The number of aliphatic hydroxyl groups excluding tert-OH is 1. The van der Waals surface area contributed by atoms with Crippen molar-refractivity contribution < 1.29 is 43.5 Å². The Kier molecular flexibility index (Phi) is 6.95. The van der Waals surface area contributed by atoms with Crippen LogP contribution in [0.3, 0.4) is 0 Å². The first-order valence-electron chi connectivity index (χ1n) is 14.0. The Morgan fingerprint density at radius 3 is 2.25 bits per heavy atom. The van der Waals surface area contributed by atoms with E-state index >= 15 is 0 Å².